The van der Waals surface area contributed by atoms with Crippen LogP contribution in [0, 0.1) is 16.0 Å². The Morgan fingerprint density at radius 3 is 2.56 bits per heavy atom. The number of amides is 1. The van der Waals surface area contributed by atoms with Crippen LogP contribution < -0.4 is 15.5 Å². The lowest BCUT2D eigenvalue weighted by atomic mass is 10.0. The molecule has 2 heterocycles. The van der Waals surface area contributed by atoms with Crippen molar-refractivity contribution in [3.05, 3.63) is 68.3 Å². The minimum absolute atomic E-state index is 0.0491. The van der Waals surface area contributed by atoms with Crippen molar-refractivity contribution >= 4 is 45.8 Å². The predicted molar refractivity (Wildman–Crippen MR) is 125 cm³/mol. The van der Waals surface area contributed by atoms with E-state index in [-0.39, 0.29) is 34.6 Å². The highest BCUT2D eigenvalue weighted by molar-refractivity contribution is 8.00. The van der Waals surface area contributed by atoms with E-state index in [0.29, 0.717) is 15.2 Å². The minimum Gasteiger partial charge on any atom is -0.464 e. The maximum atomic E-state index is 12.3. The van der Waals surface area contributed by atoms with Crippen LogP contribution in [-0.2, 0) is 10.5 Å². The van der Waals surface area contributed by atoms with Gasteiger partial charge in [-0.2, -0.15) is 0 Å². The highest BCUT2D eigenvalue weighted by Gasteiger charge is 2.17. The summed E-state index contributed by atoms with van der Waals surface area (Å²) in [6.07, 6.45) is 2.50. The van der Waals surface area contributed by atoms with E-state index in [1.54, 1.807) is 0 Å². The van der Waals surface area contributed by atoms with Crippen LogP contribution in [-0.4, -0.2) is 27.0 Å². The third-order valence-corrected chi connectivity index (χ3v) is 6.69. The van der Waals surface area contributed by atoms with Crippen molar-refractivity contribution in [3.63, 3.8) is 0 Å². The van der Waals surface area contributed by atoms with Gasteiger partial charge >= 0.3 is 5.97 Å². The number of benzene rings is 1. The molecule has 0 aliphatic carbocycles. The molecule has 178 valence electrons. The molecule has 3 rings (SSSR count). The largest absolute Gasteiger partial charge is 0.464 e. The number of hydrogen-bond donors (Lipinski definition) is 1. The Morgan fingerprint density at radius 2 is 1.94 bits per heavy atom. The Balaban J connectivity index is 1.57. The summed E-state index contributed by atoms with van der Waals surface area (Å²) >= 11 is 2.48. The average Bonchev–Trinajstić information content (AvgIpc) is 3.27. The van der Waals surface area contributed by atoms with Gasteiger partial charge in [0.1, 0.15) is 12.0 Å². The number of esters is 1. The van der Waals surface area contributed by atoms with E-state index >= 15 is 0 Å². The lowest BCUT2D eigenvalue weighted by molar-refractivity contribution is -0.384. The van der Waals surface area contributed by atoms with E-state index in [0.717, 1.165) is 31.2 Å². The first-order valence-electron chi connectivity index (χ1n) is 10.2. The fourth-order valence-corrected chi connectivity index (χ4v) is 4.43. The van der Waals surface area contributed by atoms with E-state index in [4.69, 9.17) is 9.15 Å². The van der Waals surface area contributed by atoms with Crippen molar-refractivity contribution in [1.82, 2.24) is 10.2 Å². The van der Waals surface area contributed by atoms with Crippen molar-refractivity contribution in [2.45, 2.75) is 36.8 Å². The number of carbonyl (C=O) groups excluding carboxylic acids is 2. The summed E-state index contributed by atoms with van der Waals surface area (Å²) in [6.45, 7) is 3.90. The van der Waals surface area contributed by atoms with Gasteiger partial charge in [-0.25, -0.2) is 4.79 Å². The van der Waals surface area contributed by atoms with E-state index in [1.807, 2.05) is 13.8 Å². The number of nitrogens with one attached hydrogen (secondary N) is 1. The van der Waals surface area contributed by atoms with Crippen LogP contribution in [0.4, 0.5) is 10.8 Å². The quantitative estimate of drug-likeness (QED) is 0.139. The minimum atomic E-state index is -0.846. The van der Waals surface area contributed by atoms with Gasteiger partial charge < -0.3 is 14.5 Å². The maximum Gasteiger partial charge on any atom is 0.343 e. The van der Waals surface area contributed by atoms with Crippen molar-refractivity contribution in [2.24, 2.45) is 5.92 Å². The van der Waals surface area contributed by atoms with Crippen LogP contribution >= 0.6 is 23.1 Å². The number of nitro benzene ring substituents is 1. The number of nitro groups is 1. The Bertz CT molecular complexity index is 1240. The van der Waals surface area contributed by atoms with Gasteiger partial charge in [-0.1, -0.05) is 36.9 Å². The number of hydrogen-bond acceptors (Lipinski definition) is 11. The van der Waals surface area contributed by atoms with E-state index in [1.165, 1.54) is 41.3 Å². The lowest BCUT2D eigenvalue weighted by Gasteiger charge is -2.09. The zero-order valence-corrected chi connectivity index (χ0v) is 19.8. The van der Waals surface area contributed by atoms with Crippen molar-refractivity contribution in [3.8, 4) is 5.75 Å². The van der Waals surface area contributed by atoms with Crippen LogP contribution in [0.1, 0.15) is 42.8 Å². The standard InChI is InChI=1S/C21H20N4O7S2/c1-3-12(4-2)18(27)22-20-23-24-21(34-20)33-11-15-9-16(26)17(10-31-15)32-19(28)13-5-7-14(8-6-13)25(29)30/h5-10,12H,3-4,11H2,1-2H3,(H,22,23,27). The number of anilines is 1. The van der Waals surface area contributed by atoms with Crippen LogP contribution in [0.2, 0.25) is 0 Å². The molecule has 0 unspecified atom stereocenters. The van der Waals surface area contributed by atoms with Gasteiger partial charge in [0.15, 0.2) is 4.34 Å². The molecule has 1 N–H and O–H groups in total. The summed E-state index contributed by atoms with van der Waals surface area (Å²) in [4.78, 5) is 46.7. The summed E-state index contributed by atoms with van der Waals surface area (Å²) in [6, 6.07) is 5.99. The van der Waals surface area contributed by atoms with Gasteiger partial charge in [-0.15, -0.1) is 10.2 Å². The molecule has 0 aliphatic rings. The second-order valence-corrected chi connectivity index (χ2v) is 9.13. The molecule has 1 aromatic carbocycles. The summed E-state index contributed by atoms with van der Waals surface area (Å²) in [5.74, 6) is -0.741. The first-order chi connectivity index (χ1) is 16.3. The molecule has 1 amide bonds. The van der Waals surface area contributed by atoms with Crippen molar-refractivity contribution in [2.75, 3.05) is 5.32 Å². The highest BCUT2D eigenvalue weighted by Crippen LogP contribution is 2.29. The second kappa shape index (κ2) is 11.5. The van der Waals surface area contributed by atoms with E-state index < -0.39 is 16.3 Å². The Labute approximate surface area is 201 Å². The van der Waals surface area contributed by atoms with Crippen LogP contribution in [0.15, 0.2) is 50.1 Å². The van der Waals surface area contributed by atoms with E-state index in [2.05, 4.69) is 15.5 Å². The molecule has 3 aromatic rings. The zero-order valence-electron chi connectivity index (χ0n) is 18.2. The molecule has 0 saturated heterocycles. The van der Waals surface area contributed by atoms with E-state index in [9.17, 15) is 24.5 Å². The molecular formula is C21H20N4O7S2. The molecule has 34 heavy (non-hydrogen) atoms. The molecule has 0 fully saturated rings. The Kier molecular flexibility index (Phi) is 8.49. The van der Waals surface area contributed by atoms with Gasteiger partial charge in [0.25, 0.3) is 5.69 Å². The SMILES string of the molecule is CCC(CC)C(=O)Nc1nnc(SCc2cc(=O)c(OC(=O)c3ccc([N+](=O)[O-])cc3)co2)s1. The number of carbonyl (C=O) groups is 2. The maximum absolute atomic E-state index is 12.3. The number of aromatic nitrogens is 2. The normalized spacial score (nSPS) is 10.8. The molecule has 2 aromatic heterocycles. The summed E-state index contributed by atoms with van der Waals surface area (Å²) in [5.41, 5.74) is -0.686. The average molecular weight is 505 g/mol. The Morgan fingerprint density at radius 1 is 1.24 bits per heavy atom. The third kappa shape index (κ3) is 6.48. The Hall–Kier alpha value is -3.58. The highest BCUT2D eigenvalue weighted by atomic mass is 32.2. The van der Waals surface area contributed by atoms with Crippen LogP contribution in [0.3, 0.4) is 0 Å². The molecule has 0 saturated carbocycles. The van der Waals surface area contributed by atoms with Crippen LogP contribution in [0.5, 0.6) is 5.75 Å². The third-order valence-electron chi connectivity index (χ3n) is 4.70. The van der Waals surface area contributed by atoms with Crippen molar-refractivity contribution in [1.29, 1.82) is 0 Å². The van der Waals surface area contributed by atoms with Crippen LogP contribution in [0.25, 0.3) is 0 Å². The summed E-state index contributed by atoms with van der Waals surface area (Å²) in [5, 5.41) is 21.8. The monoisotopic (exact) mass is 504 g/mol. The number of nitrogens with zero attached hydrogens (tertiary/aromatic N) is 3. The van der Waals surface area contributed by atoms with Gasteiger partial charge in [0.05, 0.1) is 16.2 Å². The van der Waals surface area contributed by atoms with Gasteiger partial charge in [-0.05, 0) is 25.0 Å². The topological polar surface area (TPSA) is 155 Å². The number of thioether (sulfide) groups is 1. The molecule has 0 radical (unpaired) electrons. The lowest BCUT2D eigenvalue weighted by Crippen LogP contribution is -2.21. The zero-order chi connectivity index (χ0) is 24.7. The summed E-state index contributed by atoms with van der Waals surface area (Å²) < 4.78 is 11.0. The van der Waals surface area contributed by atoms with Gasteiger partial charge in [0, 0.05) is 24.1 Å². The van der Waals surface area contributed by atoms with Gasteiger partial charge in [0.2, 0.25) is 22.2 Å². The predicted octanol–water partition coefficient (Wildman–Crippen LogP) is 4.29. The molecule has 13 heteroatoms. The fourth-order valence-electron chi connectivity index (χ4n) is 2.79. The second-order valence-electron chi connectivity index (χ2n) is 6.93. The smallest absolute Gasteiger partial charge is 0.343 e. The van der Waals surface area contributed by atoms with Gasteiger partial charge in [-0.3, -0.25) is 19.7 Å². The number of ether oxygens (including phenoxy) is 1. The number of rotatable bonds is 10. The first-order valence-corrected chi connectivity index (χ1v) is 12.0. The number of non-ortho nitro benzene ring substituents is 1. The molecule has 0 spiro atoms. The first kappa shape index (κ1) is 25.1. The fraction of sp³-hybridized carbons (Fsp3) is 0.286. The molecular weight excluding hydrogens is 484 g/mol. The molecule has 0 atom stereocenters. The van der Waals surface area contributed by atoms with Crippen molar-refractivity contribution < 1.29 is 23.7 Å². The molecule has 11 nitrogen and oxygen atoms in total. The summed E-state index contributed by atoms with van der Waals surface area (Å²) in [7, 11) is 0. The molecule has 0 aliphatic heterocycles. The molecule has 0 bridgehead atoms.